The van der Waals surface area contributed by atoms with Crippen LogP contribution < -0.4 is 5.32 Å². The molecule has 19 heavy (non-hydrogen) atoms. The summed E-state index contributed by atoms with van der Waals surface area (Å²) in [5.41, 5.74) is 0.890. The minimum absolute atomic E-state index is 0.144. The maximum absolute atomic E-state index is 11.9. The predicted molar refractivity (Wildman–Crippen MR) is 72.8 cm³/mol. The van der Waals surface area contributed by atoms with Gasteiger partial charge in [-0.05, 0) is 32.9 Å². The van der Waals surface area contributed by atoms with Gasteiger partial charge in [-0.2, -0.15) is 0 Å². The second-order valence-corrected chi connectivity index (χ2v) is 5.32. The second kappa shape index (κ2) is 5.01. The molecule has 2 N–H and O–H groups in total. The van der Waals surface area contributed by atoms with E-state index in [2.05, 4.69) is 10.3 Å². The SMILES string of the molecule is CC(O)C(C)(C)NC(=O)Cc1cn2ccccc2n1. The largest absolute Gasteiger partial charge is 0.391 e. The third-order valence-corrected chi connectivity index (χ3v) is 3.26. The van der Waals surface area contributed by atoms with Crippen LogP contribution in [0.15, 0.2) is 30.6 Å². The van der Waals surface area contributed by atoms with Crippen molar-refractivity contribution in [1.29, 1.82) is 0 Å². The fourth-order valence-electron chi connectivity index (χ4n) is 1.74. The van der Waals surface area contributed by atoms with Gasteiger partial charge in [0.1, 0.15) is 5.65 Å². The third-order valence-electron chi connectivity index (χ3n) is 3.26. The number of aromatic nitrogens is 2. The number of carbonyl (C=O) groups excluding carboxylic acids is 1. The minimum atomic E-state index is -0.643. The highest BCUT2D eigenvalue weighted by atomic mass is 16.3. The Hall–Kier alpha value is -1.88. The second-order valence-electron chi connectivity index (χ2n) is 5.32. The molecule has 0 aliphatic heterocycles. The molecule has 5 nitrogen and oxygen atoms in total. The van der Waals surface area contributed by atoms with Crippen molar-refractivity contribution < 1.29 is 9.90 Å². The lowest BCUT2D eigenvalue weighted by Crippen LogP contribution is -2.51. The fourth-order valence-corrected chi connectivity index (χ4v) is 1.74. The van der Waals surface area contributed by atoms with Crippen LogP contribution in [-0.4, -0.2) is 32.0 Å². The predicted octanol–water partition coefficient (Wildman–Crippen LogP) is 1.15. The molecule has 0 spiro atoms. The first kappa shape index (κ1) is 13.5. The van der Waals surface area contributed by atoms with Crippen molar-refractivity contribution in [1.82, 2.24) is 14.7 Å². The summed E-state index contributed by atoms with van der Waals surface area (Å²) in [4.78, 5) is 16.3. The summed E-state index contributed by atoms with van der Waals surface area (Å²) < 4.78 is 1.88. The van der Waals surface area contributed by atoms with Crippen LogP contribution in [0.3, 0.4) is 0 Å². The first-order valence-electron chi connectivity index (χ1n) is 6.30. The van der Waals surface area contributed by atoms with Crippen molar-refractivity contribution in [3.8, 4) is 0 Å². The lowest BCUT2D eigenvalue weighted by Gasteiger charge is -2.29. The molecule has 102 valence electrons. The van der Waals surface area contributed by atoms with E-state index in [0.29, 0.717) is 5.69 Å². The molecule has 0 aromatic carbocycles. The van der Waals surface area contributed by atoms with E-state index in [4.69, 9.17) is 0 Å². The normalized spacial score (nSPS) is 13.5. The zero-order valence-corrected chi connectivity index (χ0v) is 11.4. The van der Waals surface area contributed by atoms with Crippen LogP contribution in [0.25, 0.3) is 5.65 Å². The van der Waals surface area contributed by atoms with E-state index in [1.165, 1.54) is 0 Å². The number of amides is 1. The Labute approximate surface area is 112 Å². The third kappa shape index (κ3) is 3.12. The van der Waals surface area contributed by atoms with E-state index >= 15 is 0 Å². The Kier molecular flexibility index (Phi) is 3.57. The van der Waals surface area contributed by atoms with Crippen LogP contribution in [0.1, 0.15) is 26.5 Å². The summed E-state index contributed by atoms with van der Waals surface area (Å²) in [6.07, 6.45) is 3.32. The Morgan fingerprint density at radius 2 is 2.26 bits per heavy atom. The molecule has 0 radical (unpaired) electrons. The standard InChI is InChI=1S/C14H19N3O2/c1-10(18)14(2,3)16-13(19)8-11-9-17-7-5-4-6-12(17)15-11/h4-7,9-10,18H,8H2,1-3H3,(H,16,19). The van der Waals surface area contributed by atoms with Gasteiger partial charge in [0.15, 0.2) is 0 Å². The smallest absolute Gasteiger partial charge is 0.226 e. The van der Waals surface area contributed by atoms with Gasteiger partial charge >= 0.3 is 0 Å². The molecule has 0 aliphatic carbocycles. The van der Waals surface area contributed by atoms with Crippen molar-refractivity contribution in [3.63, 3.8) is 0 Å². The minimum Gasteiger partial charge on any atom is -0.391 e. The van der Waals surface area contributed by atoms with E-state index in [0.717, 1.165) is 5.65 Å². The average molecular weight is 261 g/mol. The summed E-state index contributed by atoms with van der Waals surface area (Å²) in [5.74, 6) is -0.144. The number of aliphatic hydroxyl groups is 1. The van der Waals surface area contributed by atoms with E-state index in [1.807, 2.05) is 35.0 Å². The molecule has 0 aliphatic rings. The lowest BCUT2D eigenvalue weighted by molar-refractivity contribution is -0.123. The molecular formula is C14H19N3O2. The van der Waals surface area contributed by atoms with Gasteiger partial charge in [0, 0.05) is 12.4 Å². The number of imidazole rings is 1. The zero-order valence-electron chi connectivity index (χ0n) is 11.4. The van der Waals surface area contributed by atoms with Crippen LogP contribution >= 0.6 is 0 Å². The summed E-state index contributed by atoms with van der Waals surface area (Å²) in [5, 5.41) is 12.4. The van der Waals surface area contributed by atoms with Crippen LogP contribution in [0.4, 0.5) is 0 Å². The van der Waals surface area contributed by atoms with Crippen molar-refractivity contribution >= 4 is 11.6 Å². The molecule has 0 fully saturated rings. The molecule has 2 rings (SSSR count). The average Bonchev–Trinajstić information content (AvgIpc) is 2.69. The molecule has 0 bridgehead atoms. The molecule has 5 heteroatoms. The van der Waals surface area contributed by atoms with Crippen LogP contribution in [0.5, 0.6) is 0 Å². The van der Waals surface area contributed by atoms with E-state index in [1.54, 1.807) is 20.8 Å². The quantitative estimate of drug-likeness (QED) is 0.867. The zero-order chi connectivity index (χ0) is 14.0. The number of carbonyl (C=O) groups is 1. The topological polar surface area (TPSA) is 66.6 Å². The van der Waals surface area contributed by atoms with E-state index in [-0.39, 0.29) is 12.3 Å². The number of nitrogens with zero attached hydrogens (tertiary/aromatic N) is 2. The molecule has 2 heterocycles. The first-order chi connectivity index (χ1) is 8.88. The summed E-state index contributed by atoms with van der Waals surface area (Å²) in [7, 11) is 0. The van der Waals surface area contributed by atoms with Gasteiger partial charge in [0.05, 0.1) is 23.8 Å². The van der Waals surface area contributed by atoms with Gasteiger partial charge in [-0.1, -0.05) is 6.07 Å². The summed E-state index contributed by atoms with van der Waals surface area (Å²) in [6.45, 7) is 5.24. The Morgan fingerprint density at radius 1 is 1.53 bits per heavy atom. The maximum atomic E-state index is 11.9. The highest BCUT2D eigenvalue weighted by molar-refractivity contribution is 5.79. The summed E-state index contributed by atoms with van der Waals surface area (Å²) in [6, 6.07) is 5.71. The van der Waals surface area contributed by atoms with Crippen molar-refractivity contribution in [2.24, 2.45) is 0 Å². The Bertz CT molecular complexity index is 554. The summed E-state index contributed by atoms with van der Waals surface area (Å²) >= 11 is 0. The highest BCUT2D eigenvalue weighted by Gasteiger charge is 2.26. The molecule has 2 aromatic heterocycles. The fraction of sp³-hybridized carbons (Fsp3) is 0.429. The number of pyridine rings is 1. The number of rotatable bonds is 4. The molecule has 1 unspecified atom stereocenters. The van der Waals surface area contributed by atoms with Gasteiger partial charge in [-0.15, -0.1) is 0 Å². The Balaban J connectivity index is 2.07. The maximum Gasteiger partial charge on any atom is 0.226 e. The molecule has 2 aromatic rings. The van der Waals surface area contributed by atoms with Crippen molar-refractivity contribution in [2.45, 2.75) is 38.8 Å². The van der Waals surface area contributed by atoms with Gasteiger partial charge in [-0.25, -0.2) is 4.98 Å². The van der Waals surface area contributed by atoms with Gasteiger partial charge in [0.2, 0.25) is 5.91 Å². The number of fused-ring (bicyclic) bond motifs is 1. The number of hydrogen-bond acceptors (Lipinski definition) is 3. The number of aliphatic hydroxyl groups excluding tert-OH is 1. The van der Waals surface area contributed by atoms with E-state index < -0.39 is 11.6 Å². The first-order valence-corrected chi connectivity index (χ1v) is 6.30. The lowest BCUT2D eigenvalue weighted by atomic mass is 9.98. The molecule has 0 saturated heterocycles. The molecule has 1 amide bonds. The van der Waals surface area contributed by atoms with Crippen molar-refractivity contribution in [3.05, 3.63) is 36.3 Å². The molecule has 1 atom stereocenters. The molecular weight excluding hydrogens is 242 g/mol. The van der Waals surface area contributed by atoms with Gasteiger partial charge < -0.3 is 14.8 Å². The number of hydrogen-bond donors (Lipinski definition) is 2. The van der Waals surface area contributed by atoms with Gasteiger partial charge in [0.25, 0.3) is 0 Å². The van der Waals surface area contributed by atoms with Crippen molar-refractivity contribution in [2.75, 3.05) is 0 Å². The highest BCUT2D eigenvalue weighted by Crippen LogP contribution is 2.10. The van der Waals surface area contributed by atoms with Gasteiger partial charge in [-0.3, -0.25) is 4.79 Å². The van der Waals surface area contributed by atoms with Crippen LogP contribution in [0.2, 0.25) is 0 Å². The Morgan fingerprint density at radius 3 is 2.89 bits per heavy atom. The van der Waals surface area contributed by atoms with Crippen LogP contribution in [0, 0.1) is 0 Å². The number of nitrogens with one attached hydrogen (secondary N) is 1. The van der Waals surface area contributed by atoms with E-state index in [9.17, 15) is 9.90 Å². The monoisotopic (exact) mass is 261 g/mol. The van der Waals surface area contributed by atoms with Crippen LogP contribution in [-0.2, 0) is 11.2 Å². The molecule has 0 saturated carbocycles.